The number of aryl methyl sites for hydroxylation is 1. The highest BCUT2D eigenvalue weighted by molar-refractivity contribution is 5.66. The Labute approximate surface area is 83.9 Å². The first-order chi connectivity index (χ1) is 6.65. The summed E-state index contributed by atoms with van der Waals surface area (Å²) in [5, 5.41) is 0. The van der Waals surface area contributed by atoms with Crippen LogP contribution in [0.25, 0.3) is 0 Å². The smallest absolute Gasteiger partial charge is 0.274 e. The molecule has 0 aliphatic rings. The monoisotopic (exact) mass is 192 g/mol. The molecule has 1 unspecified atom stereocenters. The van der Waals surface area contributed by atoms with E-state index in [9.17, 15) is 4.79 Å². The Balaban J connectivity index is 2.97. The molecule has 1 atom stereocenters. The fraction of sp³-hybridized carbons (Fsp3) is 0.455. The third-order valence-electron chi connectivity index (χ3n) is 2.24. The molecular formula is C11H16N2O. The van der Waals surface area contributed by atoms with E-state index in [0.29, 0.717) is 11.6 Å². The van der Waals surface area contributed by atoms with E-state index in [1.165, 1.54) is 0 Å². The standard InChI is InChI=1S/C11H16N2O/c1-4-8(2)7-13-10-9(3)5-6-12-11(10)14/h5-8H,4H2,1-3H3,(H,12,14)/b13-7-. The molecule has 0 aromatic carbocycles. The Morgan fingerprint density at radius 2 is 2.36 bits per heavy atom. The second kappa shape index (κ2) is 4.74. The number of nitrogens with one attached hydrogen (secondary N) is 1. The van der Waals surface area contributed by atoms with Crippen LogP contribution in [0.4, 0.5) is 5.69 Å². The van der Waals surface area contributed by atoms with Crippen molar-refractivity contribution in [2.75, 3.05) is 0 Å². The first-order valence-electron chi connectivity index (χ1n) is 4.87. The Hall–Kier alpha value is -1.38. The molecule has 3 nitrogen and oxygen atoms in total. The molecule has 0 bridgehead atoms. The van der Waals surface area contributed by atoms with Crippen LogP contribution in [-0.2, 0) is 0 Å². The first-order valence-corrected chi connectivity index (χ1v) is 4.87. The Morgan fingerprint density at radius 3 is 2.93 bits per heavy atom. The van der Waals surface area contributed by atoms with E-state index in [0.717, 1.165) is 12.0 Å². The number of hydrogen-bond acceptors (Lipinski definition) is 2. The summed E-state index contributed by atoms with van der Waals surface area (Å²) in [5.74, 6) is 0.411. The van der Waals surface area contributed by atoms with Gasteiger partial charge in [-0.05, 0) is 30.9 Å². The molecule has 0 aliphatic heterocycles. The van der Waals surface area contributed by atoms with Crippen LogP contribution in [0, 0.1) is 12.8 Å². The van der Waals surface area contributed by atoms with E-state index in [-0.39, 0.29) is 5.56 Å². The maximum absolute atomic E-state index is 11.4. The molecule has 0 saturated carbocycles. The number of nitrogens with zero attached hydrogens (tertiary/aromatic N) is 1. The van der Waals surface area contributed by atoms with Crippen LogP contribution >= 0.6 is 0 Å². The summed E-state index contributed by atoms with van der Waals surface area (Å²) >= 11 is 0. The zero-order valence-electron chi connectivity index (χ0n) is 8.87. The van der Waals surface area contributed by atoms with Gasteiger partial charge in [0.2, 0.25) is 0 Å². The Morgan fingerprint density at radius 1 is 1.64 bits per heavy atom. The summed E-state index contributed by atoms with van der Waals surface area (Å²) in [6.07, 6.45) is 4.50. The van der Waals surface area contributed by atoms with E-state index in [1.54, 1.807) is 6.20 Å². The number of hydrogen-bond donors (Lipinski definition) is 1. The molecule has 1 rings (SSSR count). The molecule has 1 aromatic heterocycles. The summed E-state index contributed by atoms with van der Waals surface area (Å²) in [5.41, 5.74) is 1.31. The van der Waals surface area contributed by atoms with E-state index < -0.39 is 0 Å². The number of aromatic nitrogens is 1. The number of H-pyrrole nitrogens is 1. The van der Waals surface area contributed by atoms with Gasteiger partial charge in [0.15, 0.2) is 0 Å². The van der Waals surface area contributed by atoms with Gasteiger partial charge in [0, 0.05) is 12.4 Å². The number of aliphatic imine (C=N–C) groups is 1. The summed E-state index contributed by atoms with van der Waals surface area (Å²) in [6, 6.07) is 1.85. The summed E-state index contributed by atoms with van der Waals surface area (Å²) in [6.45, 7) is 6.06. The molecule has 14 heavy (non-hydrogen) atoms. The minimum Gasteiger partial charge on any atom is -0.327 e. The molecule has 1 heterocycles. The lowest BCUT2D eigenvalue weighted by atomic mass is 10.1. The highest BCUT2D eigenvalue weighted by Crippen LogP contribution is 2.10. The SMILES string of the molecule is CCC(C)/C=N\c1c(C)cc[nH]c1=O. The molecule has 0 radical (unpaired) electrons. The largest absolute Gasteiger partial charge is 0.327 e. The predicted octanol–water partition coefficient (Wildman–Crippen LogP) is 2.43. The van der Waals surface area contributed by atoms with Gasteiger partial charge in [-0.2, -0.15) is 0 Å². The van der Waals surface area contributed by atoms with Crippen molar-refractivity contribution in [3.8, 4) is 0 Å². The van der Waals surface area contributed by atoms with Crippen LogP contribution in [0.5, 0.6) is 0 Å². The van der Waals surface area contributed by atoms with Gasteiger partial charge in [-0.25, -0.2) is 0 Å². The van der Waals surface area contributed by atoms with E-state index in [1.807, 2.05) is 19.2 Å². The van der Waals surface area contributed by atoms with Crippen LogP contribution in [0.15, 0.2) is 22.1 Å². The average Bonchev–Trinajstić information content (AvgIpc) is 2.16. The minimum absolute atomic E-state index is 0.121. The third kappa shape index (κ3) is 2.55. The van der Waals surface area contributed by atoms with Crippen molar-refractivity contribution < 1.29 is 0 Å². The van der Waals surface area contributed by atoms with Gasteiger partial charge >= 0.3 is 0 Å². The van der Waals surface area contributed by atoms with Gasteiger partial charge in [-0.15, -0.1) is 0 Å². The van der Waals surface area contributed by atoms with Crippen molar-refractivity contribution in [3.63, 3.8) is 0 Å². The Kier molecular flexibility index (Phi) is 3.63. The second-order valence-electron chi connectivity index (χ2n) is 3.50. The molecular weight excluding hydrogens is 176 g/mol. The maximum atomic E-state index is 11.4. The predicted molar refractivity (Wildman–Crippen MR) is 59.4 cm³/mol. The number of aromatic amines is 1. The first kappa shape index (κ1) is 10.7. The quantitative estimate of drug-likeness (QED) is 0.734. The van der Waals surface area contributed by atoms with Gasteiger partial charge in [-0.3, -0.25) is 9.79 Å². The molecule has 0 fully saturated rings. The van der Waals surface area contributed by atoms with Gasteiger partial charge < -0.3 is 4.98 Å². The molecule has 1 aromatic rings. The van der Waals surface area contributed by atoms with E-state index in [4.69, 9.17) is 0 Å². The zero-order chi connectivity index (χ0) is 10.6. The highest BCUT2D eigenvalue weighted by atomic mass is 16.1. The number of pyridine rings is 1. The minimum atomic E-state index is -0.121. The van der Waals surface area contributed by atoms with Crippen molar-refractivity contribution in [1.29, 1.82) is 0 Å². The highest BCUT2D eigenvalue weighted by Gasteiger charge is 2.00. The molecule has 0 amide bonds. The molecule has 0 aliphatic carbocycles. The summed E-state index contributed by atoms with van der Waals surface area (Å²) in [4.78, 5) is 18.2. The summed E-state index contributed by atoms with van der Waals surface area (Å²) in [7, 11) is 0. The van der Waals surface area contributed by atoms with Gasteiger partial charge in [-0.1, -0.05) is 13.8 Å². The van der Waals surface area contributed by atoms with Crippen molar-refractivity contribution in [1.82, 2.24) is 4.98 Å². The lowest BCUT2D eigenvalue weighted by molar-refractivity contribution is 0.754. The Bertz CT molecular complexity index is 379. The summed E-state index contributed by atoms with van der Waals surface area (Å²) < 4.78 is 0. The second-order valence-corrected chi connectivity index (χ2v) is 3.50. The lowest BCUT2D eigenvalue weighted by Gasteiger charge is -2.00. The lowest BCUT2D eigenvalue weighted by Crippen LogP contribution is -2.05. The van der Waals surface area contributed by atoms with Gasteiger partial charge in [0.05, 0.1) is 0 Å². The van der Waals surface area contributed by atoms with Gasteiger partial charge in [0.1, 0.15) is 5.69 Å². The van der Waals surface area contributed by atoms with Crippen LogP contribution in [-0.4, -0.2) is 11.2 Å². The third-order valence-corrected chi connectivity index (χ3v) is 2.24. The zero-order valence-corrected chi connectivity index (χ0v) is 8.87. The van der Waals surface area contributed by atoms with E-state index >= 15 is 0 Å². The molecule has 0 spiro atoms. The molecule has 3 heteroatoms. The topological polar surface area (TPSA) is 45.2 Å². The van der Waals surface area contributed by atoms with Crippen molar-refractivity contribution >= 4 is 11.9 Å². The maximum Gasteiger partial charge on any atom is 0.274 e. The molecule has 1 N–H and O–H groups in total. The van der Waals surface area contributed by atoms with Crippen molar-refractivity contribution in [2.45, 2.75) is 27.2 Å². The van der Waals surface area contributed by atoms with Crippen molar-refractivity contribution in [3.05, 3.63) is 28.2 Å². The molecule has 0 saturated heterocycles. The fourth-order valence-corrected chi connectivity index (χ4v) is 1.04. The van der Waals surface area contributed by atoms with Crippen LogP contribution in [0.3, 0.4) is 0 Å². The van der Waals surface area contributed by atoms with E-state index in [2.05, 4.69) is 23.8 Å². The molecule has 76 valence electrons. The van der Waals surface area contributed by atoms with Crippen molar-refractivity contribution in [2.24, 2.45) is 10.9 Å². The van der Waals surface area contributed by atoms with Gasteiger partial charge in [0.25, 0.3) is 5.56 Å². The van der Waals surface area contributed by atoms with Crippen LogP contribution in [0.2, 0.25) is 0 Å². The number of rotatable bonds is 3. The van der Waals surface area contributed by atoms with Crippen LogP contribution in [0.1, 0.15) is 25.8 Å². The fourth-order valence-electron chi connectivity index (χ4n) is 1.04. The average molecular weight is 192 g/mol. The normalized spacial score (nSPS) is 13.4. The van der Waals surface area contributed by atoms with Crippen LogP contribution < -0.4 is 5.56 Å².